The van der Waals surface area contributed by atoms with Crippen LogP contribution in [0.25, 0.3) is 0 Å². The fourth-order valence-electron chi connectivity index (χ4n) is 4.81. The number of nitrogen functional groups attached to an aromatic ring is 1. The van der Waals surface area contributed by atoms with Crippen LogP contribution in [0.4, 0.5) is 5.69 Å². The number of nitrogens with one attached hydrogen (secondary N) is 2. The van der Waals surface area contributed by atoms with Gasteiger partial charge in [-0.25, -0.2) is 0 Å². The molecule has 2 unspecified atom stereocenters. The second kappa shape index (κ2) is 12.0. The zero-order chi connectivity index (χ0) is 25.7. The maximum Gasteiger partial charge on any atom is 0.251 e. The molecular weight excluding hydrogens is 472 g/mol. The number of amides is 1. The standard InChI is InChI=1S/C28H36N4O3S/c1-18(17-36)27(20-2-3-20)31-28(34)21-6-9-25(29)24(16-21)26(30)19-4-7-22(8-5-19)35-23-10-12-32(13-11-23)14-15-33/h4-9,16-18,20,23,27,30,33H,2-3,10-15,29H2,1H3,(H,31,34). The first kappa shape index (κ1) is 26.3. The molecule has 2 aromatic rings. The zero-order valence-electron chi connectivity index (χ0n) is 20.8. The summed E-state index contributed by atoms with van der Waals surface area (Å²) in [6, 6.07) is 12.6. The van der Waals surface area contributed by atoms with Crippen LogP contribution in [0.5, 0.6) is 5.75 Å². The van der Waals surface area contributed by atoms with E-state index in [-0.39, 0.29) is 36.3 Å². The Balaban J connectivity index is 1.40. The molecule has 1 aliphatic heterocycles. The number of anilines is 1. The monoisotopic (exact) mass is 508 g/mol. The molecule has 0 bridgehead atoms. The number of thiocarbonyl (C=S) groups is 1. The number of rotatable bonds is 11. The van der Waals surface area contributed by atoms with Gasteiger partial charge < -0.3 is 25.8 Å². The van der Waals surface area contributed by atoms with E-state index in [2.05, 4.69) is 10.2 Å². The molecule has 1 saturated heterocycles. The highest BCUT2D eigenvalue weighted by atomic mass is 32.1. The van der Waals surface area contributed by atoms with Gasteiger partial charge in [0.15, 0.2) is 0 Å². The van der Waals surface area contributed by atoms with Gasteiger partial charge >= 0.3 is 0 Å². The van der Waals surface area contributed by atoms with Crippen LogP contribution in [0.2, 0.25) is 0 Å². The van der Waals surface area contributed by atoms with Gasteiger partial charge in [-0.05, 0) is 79.4 Å². The lowest BCUT2D eigenvalue weighted by atomic mass is 9.97. The van der Waals surface area contributed by atoms with Crippen LogP contribution in [0.1, 0.15) is 54.1 Å². The summed E-state index contributed by atoms with van der Waals surface area (Å²) in [4.78, 5) is 15.3. The Kier molecular flexibility index (Phi) is 8.72. The molecular formula is C28H36N4O3S. The summed E-state index contributed by atoms with van der Waals surface area (Å²) < 4.78 is 6.14. The van der Waals surface area contributed by atoms with Crippen molar-refractivity contribution in [3.05, 3.63) is 59.2 Å². The molecule has 1 heterocycles. The molecule has 36 heavy (non-hydrogen) atoms. The Labute approximate surface area is 218 Å². The Hall–Kier alpha value is -2.81. The van der Waals surface area contributed by atoms with Crippen molar-refractivity contribution in [2.24, 2.45) is 11.8 Å². The molecule has 7 nitrogen and oxygen atoms in total. The van der Waals surface area contributed by atoms with Crippen molar-refractivity contribution in [3.8, 4) is 5.75 Å². The first-order valence-electron chi connectivity index (χ1n) is 12.7. The van der Waals surface area contributed by atoms with Crippen molar-refractivity contribution in [1.29, 1.82) is 5.41 Å². The van der Waals surface area contributed by atoms with Crippen molar-refractivity contribution in [1.82, 2.24) is 10.2 Å². The van der Waals surface area contributed by atoms with Crippen LogP contribution < -0.4 is 15.8 Å². The van der Waals surface area contributed by atoms with Crippen LogP contribution in [0.15, 0.2) is 42.5 Å². The number of aliphatic hydroxyl groups is 1. The molecule has 2 aliphatic rings. The second-order valence-electron chi connectivity index (χ2n) is 9.92. The van der Waals surface area contributed by atoms with Gasteiger partial charge in [-0.3, -0.25) is 10.2 Å². The number of nitrogens with two attached hydrogens (primary N) is 1. The summed E-state index contributed by atoms with van der Waals surface area (Å²) in [5.74, 6) is 1.20. The fraction of sp³-hybridized carbons (Fsp3) is 0.464. The van der Waals surface area contributed by atoms with E-state index in [4.69, 9.17) is 33.2 Å². The summed E-state index contributed by atoms with van der Waals surface area (Å²) in [7, 11) is 0. The van der Waals surface area contributed by atoms with Gasteiger partial charge in [0.1, 0.15) is 11.9 Å². The van der Waals surface area contributed by atoms with Crippen molar-refractivity contribution in [2.75, 3.05) is 32.0 Å². The maximum absolute atomic E-state index is 13.0. The normalized spacial score (nSPS) is 18.3. The average Bonchev–Trinajstić information content (AvgIpc) is 3.74. The van der Waals surface area contributed by atoms with Crippen molar-refractivity contribution >= 4 is 34.9 Å². The highest BCUT2D eigenvalue weighted by Crippen LogP contribution is 2.35. The number of β-amino-alcohol motifs (C(OH)–C–C–N with tert-alkyl or cyclic N) is 1. The third kappa shape index (κ3) is 6.49. The average molecular weight is 509 g/mol. The molecule has 1 amide bonds. The van der Waals surface area contributed by atoms with Gasteiger partial charge in [0.25, 0.3) is 5.91 Å². The minimum absolute atomic E-state index is 0.0323. The van der Waals surface area contributed by atoms with E-state index >= 15 is 0 Å². The van der Waals surface area contributed by atoms with Gasteiger partial charge in [0, 0.05) is 54.0 Å². The number of ether oxygens (including phenoxy) is 1. The third-order valence-corrected chi connectivity index (χ3v) is 7.62. The number of aliphatic hydroxyl groups excluding tert-OH is 1. The highest BCUT2D eigenvalue weighted by molar-refractivity contribution is 7.79. The molecule has 4 rings (SSSR count). The summed E-state index contributed by atoms with van der Waals surface area (Å²) in [5.41, 5.74) is 8.64. The smallest absolute Gasteiger partial charge is 0.251 e. The number of benzene rings is 2. The van der Waals surface area contributed by atoms with E-state index in [1.807, 2.05) is 31.2 Å². The summed E-state index contributed by atoms with van der Waals surface area (Å²) in [6.07, 6.45) is 4.22. The molecule has 0 aromatic heterocycles. The number of nitrogens with zero attached hydrogens (tertiary/aromatic N) is 1. The van der Waals surface area contributed by atoms with Gasteiger partial charge in [-0.2, -0.15) is 0 Å². The maximum atomic E-state index is 13.0. The summed E-state index contributed by atoms with van der Waals surface area (Å²) in [6.45, 7) is 4.77. The lowest BCUT2D eigenvalue weighted by Crippen LogP contribution is -2.41. The van der Waals surface area contributed by atoms with Crippen molar-refractivity contribution in [2.45, 2.75) is 44.8 Å². The molecule has 2 fully saturated rings. The van der Waals surface area contributed by atoms with Crippen LogP contribution >= 0.6 is 12.2 Å². The fourth-order valence-corrected chi connectivity index (χ4v) is 4.98. The zero-order valence-corrected chi connectivity index (χ0v) is 21.6. The van der Waals surface area contributed by atoms with Crippen molar-refractivity contribution < 1.29 is 14.6 Å². The number of likely N-dealkylation sites (tertiary alicyclic amines) is 1. The van der Waals surface area contributed by atoms with Crippen LogP contribution in [-0.4, -0.2) is 65.4 Å². The lowest BCUT2D eigenvalue weighted by molar-refractivity contribution is 0.0889. The predicted molar refractivity (Wildman–Crippen MR) is 147 cm³/mol. The number of carbonyl (C=O) groups excluding carboxylic acids is 1. The Morgan fingerprint density at radius 1 is 1.19 bits per heavy atom. The number of hydrogen-bond acceptors (Lipinski definition) is 7. The number of piperidine rings is 1. The summed E-state index contributed by atoms with van der Waals surface area (Å²) in [5, 5.41) is 22.7. The highest BCUT2D eigenvalue weighted by Gasteiger charge is 2.35. The van der Waals surface area contributed by atoms with Crippen LogP contribution in [0, 0.1) is 17.2 Å². The minimum Gasteiger partial charge on any atom is -0.490 e. The predicted octanol–water partition coefficient (Wildman–Crippen LogP) is 3.66. The molecule has 1 saturated carbocycles. The number of carbonyl (C=O) groups is 1. The van der Waals surface area contributed by atoms with E-state index in [1.165, 1.54) is 0 Å². The van der Waals surface area contributed by atoms with Gasteiger partial charge in [-0.1, -0.05) is 19.1 Å². The Morgan fingerprint density at radius 3 is 2.47 bits per heavy atom. The van der Waals surface area contributed by atoms with Crippen molar-refractivity contribution in [3.63, 3.8) is 0 Å². The third-order valence-electron chi connectivity index (χ3n) is 7.19. The molecule has 192 valence electrons. The molecule has 2 aromatic carbocycles. The lowest BCUT2D eigenvalue weighted by Gasteiger charge is -2.31. The van der Waals surface area contributed by atoms with Crippen LogP contribution in [0.3, 0.4) is 0 Å². The molecule has 2 atom stereocenters. The molecule has 5 N–H and O–H groups in total. The van der Waals surface area contributed by atoms with E-state index in [0.717, 1.165) is 44.5 Å². The first-order chi connectivity index (χ1) is 17.4. The SMILES string of the molecule is CC(C=S)C(NC(=O)c1ccc(N)c(C(=N)c2ccc(OC3CCN(CCO)CC3)cc2)c1)C1CC1. The van der Waals surface area contributed by atoms with Gasteiger partial charge in [0.05, 0.1) is 12.3 Å². The molecule has 0 spiro atoms. The Bertz CT molecular complexity index is 1080. The second-order valence-corrected chi connectivity index (χ2v) is 10.2. The van der Waals surface area contributed by atoms with Gasteiger partial charge in [-0.15, -0.1) is 0 Å². The molecule has 1 aliphatic carbocycles. The van der Waals surface area contributed by atoms with E-state index in [1.54, 1.807) is 23.6 Å². The van der Waals surface area contributed by atoms with E-state index in [0.29, 0.717) is 34.8 Å². The van der Waals surface area contributed by atoms with Crippen LogP contribution in [-0.2, 0) is 0 Å². The van der Waals surface area contributed by atoms with E-state index < -0.39 is 0 Å². The number of hydrogen-bond donors (Lipinski definition) is 4. The molecule has 8 heteroatoms. The minimum atomic E-state index is -0.168. The molecule has 0 radical (unpaired) electrons. The van der Waals surface area contributed by atoms with Gasteiger partial charge in [0.2, 0.25) is 0 Å². The first-order valence-corrected chi connectivity index (χ1v) is 13.2. The topological polar surface area (TPSA) is 112 Å². The Morgan fingerprint density at radius 2 is 1.86 bits per heavy atom. The quantitative estimate of drug-likeness (QED) is 0.209. The largest absolute Gasteiger partial charge is 0.490 e. The summed E-state index contributed by atoms with van der Waals surface area (Å²) >= 11 is 5.12. The van der Waals surface area contributed by atoms with E-state index in [9.17, 15) is 4.79 Å².